The molecule has 1 saturated heterocycles. The van der Waals surface area contributed by atoms with Crippen LogP contribution in [0.15, 0.2) is 12.1 Å². The lowest BCUT2D eigenvalue weighted by molar-refractivity contribution is 0.0957. The van der Waals surface area contributed by atoms with Crippen molar-refractivity contribution < 1.29 is 4.79 Å². The van der Waals surface area contributed by atoms with Crippen LogP contribution in [0.4, 0.5) is 5.82 Å². The minimum Gasteiger partial charge on any atom is -0.354 e. The number of amides is 1. The maximum atomic E-state index is 11.4. The molecule has 0 saturated carbocycles. The molecule has 0 aliphatic carbocycles. The summed E-state index contributed by atoms with van der Waals surface area (Å²) >= 11 is 0. The van der Waals surface area contributed by atoms with Crippen molar-refractivity contribution in [3.63, 3.8) is 0 Å². The van der Waals surface area contributed by atoms with Gasteiger partial charge in [-0.15, -0.1) is 10.2 Å². The molecule has 6 heteroatoms. The molecule has 104 valence electrons. The summed E-state index contributed by atoms with van der Waals surface area (Å²) in [6, 6.07) is 3.95. The molecule has 2 heterocycles. The molecule has 1 amide bonds. The smallest absolute Gasteiger partial charge is 0.271 e. The third-order valence-electron chi connectivity index (χ3n) is 3.56. The van der Waals surface area contributed by atoms with Crippen LogP contribution in [0.1, 0.15) is 36.7 Å². The number of hydrogen-bond acceptors (Lipinski definition) is 5. The van der Waals surface area contributed by atoms with Gasteiger partial charge in [0.1, 0.15) is 0 Å². The van der Waals surface area contributed by atoms with Gasteiger partial charge in [-0.2, -0.15) is 0 Å². The molecule has 0 bridgehead atoms. The Hall–Kier alpha value is -1.69. The lowest BCUT2D eigenvalue weighted by atomic mass is 9.97. The lowest BCUT2D eigenvalue weighted by Gasteiger charge is -2.38. The van der Waals surface area contributed by atoms with E-state index in [1.807, 2.05) is 13.0 Å². The third-order valence-corrected chi connectivity index (χ3v) is 3.56. The van der Waals surface area contributed by atoms with Gasteiger partial charge in [-0.1, -0.05) is 0 Å². The molecule has 1 aromatic heterocycles. The maximum absolute atomic E-state index is 11.4. The van der Waals surface area contributed by atoms with Crippen LogP contribution in [0.25, 0.3) is 0 Å². The number of hydrogen-bond donors (Lipinski definition) is 2. The first kappa shape index (κ1) is 13.7. The number of nitrogens with two attached hydrogens (primary N) is 1. The molecule has 6 nitrogen and oxygen atoms in total. The summed E-state index contributed by atoms with van der Waals surface area (Å²) in [7, 11) is 1.58. The van der Waals surface area contributed by atoms with Crippen LogP contribution < -0.4 is 16.0 Å². The highest BCUT2D eigenvalue weighted by atomic mass is 16.1. The van der Waals surface area contributed by atoms with Gasteiger partial charge in [0, 0.05) is 25.7 Å². The molecule has 0 spiro atoms. The molecule has 1 aliphatic rings. The van der Waals surface area contributed by atoms with E-state index in [1.54, 1.807) is 13.1 Å². The average Bonchev–Trinajstić information content (AvgIpc) is 2.46. The van der Waals surface area contributed by atoms with E-state index >= 15 is 0 Å². The van der Waals surface area contributed by atoms with Crippen molar-refractivity contribution in [2.45, 2.75) is 38.3 Å². The summed E-state index contributed by atoms with van der Waals surface area (Å²) in [6.07, 6.45) is 3.42. The molecule has 19 heavy (non-hydrogen) atoms. The van der Waals surface area contributed by atoms with E-state index < -0.39 is 0 Å². The van der Waals surface area contributed by atoms with Gasteiger partial charge < -0.3 is 16.0 Å². The van der Waals surface area contributed by atoms with E-state index in [0.29, 0.717) is 11.7 Å². The molecular formula is C13H21N5O. The predicted octanol–water partition coefficient (Wildman–Crippen LogP) is 0.542. The Labute approximate surface area is 113 Å². The van der Waals surface area contributed by atoms with Crippen LogP contribution in [0.2, 0.25) is 0 Å². The van der Waals surface area contributed by atoms with Crippen LogP contribution in [0.5, 0.6) is 0 Å². The van der Waals surface area contributed by atoms with Crippen molar-refractivity contribution >= 4 is 11.7 Å². The zero-order valence-electron chi connectivity index (χ0n) is 11.5. The molecular weight excluding hydrogens is 242 g/mol. The predicted molar refractivity (Wildman–Crippen MR) is 74.1 cm³/mol. The number of aromatic nitrogens is 2. The summed E-state index contributed by atoms with van der Waals surface area (Å²) in [4.78, 5) is 13.6. The molecule has 2 unspecified atom stereocenters. The van der Waals surface area contributed by atoms with Gasteiger partial charge in [-0.25, -0.2) is 0 Å². The van der Waals surface area contributed by atoms with Crippen molar-refractivity contribution in [2.75, 3.05) is 18.5 Å². The Morgan fingerprint density at radius 3 is 2.84 bits per heavy atom. The van der Waals surface area contributed by atoms with Crippen LogP contribution in [0, 0.1) is 0 Å². The van der Waals surface area contributed by atoms with Gasteiger partial charge in [0.05, 0.1) is 0 Å². The Morgan fingerprint density at radius 2 is 2.26 bits per heavy atom. The quantitative estimate of drug-likeness (QED) is 0.831. The molecule has 1 fully saturated rings. The number of carbonyl (C=O) groups excluding carboxylic acids is 1. The van der Waals surface area contributed by atoms with E-state index in [9.17, 15) is 4.79 Å². The number of carbonyl (C=O) groups is 1. The van der Waals surface area contributed by atoms with Crippen LogP contribution >= 0.6 is 0 Å². The van der Waals surface area contributed by atoms with Crippen LogP contribution in [-0.2, 0) is 0 Å². The second kappa shape index (κ2) is 5.97. The first-order chi connectivity index (χ1) is 9.13. The van der Waals surface area contributed by atoms with Crippen molar-refractivity contribution in [1.29, 1.82) is 0 Å². The molecule has 0 radical (unpaired) electrons. The fourth-order valence-corrected chi connectivity index (χ4v) is 2.52. The lowest BCUT2D eigenvalue weighted by Crippen LogP contribution is -2.49. The number of nitrogens with zero attached hydrogens (tertiary/aromatic N) is 3. The number of piperidine rings is 1. The first-order valence-electron chi connectivity index (χ1n) is 6.71. The highest BCUT2D eigenvalue weighted by Crippen LogP contribution is 2.24. The monoisotopic (exact) mass is 263 g/mol. The minimum atomic E-state index is -0.221. The van der Waals surface area contributed by atoms with Crippen molar-refractivity contribution in [3.8, 4) is 0 Å². The first-order valence-corrected chi connectivity index (χ1v) is 6.71. The summed E-state index contributed by atoms with van der Waals surface area (Å²) in [5, 5.41) is 10.7. The maximum Gasteiger partial charge on any atom is 0.271 e. The van der Waals surface area contributed by atoms with Crippen molar-refractivity contribution in [3.05, 3.63) is 17.8 Å². The van der Waals surface area contributed by atoms with Gasteiger partial charge in [0.15, 0.2) is 11.5 Å². The molecule has 1 aliphatic heterocycles. The minimum absolute atomic E-state index is 0.0979. The highest BCUT2D eigenvalue weighted by Gasteiger charge is 2.26. The molecule has 0 aromatic carbocycles. The van der Waals surface area contributed by atoms with Gasteiger partial charge in [-0.05, 0) is 38.3 Å². The molecule has 3 N–H and O–H groups in total. The van der Waals surface area contributed by atoms with Gasteiger partial charge in [0.25, 0.3) is 5.91 Å². The zero-order chi connectivity index (χ0) is 13.8. The number of nitrogens with one attached hydrogen (secondary N) is 1. The number of anilines is 1. The van der Waals surface area contributed by atoms with E-state index in [-0.39, 0.29) is 11.9 Å². The second-order valence-electron chi connectivity index (χ2n) is 4.97. The van der Waals surface area contributed by atoms with Gasteiger partial charge in [0.2, 0.25) is 0 Å². The Balaban J connectivity index is 2.18. The van der Waals surface area contributed by atoms with E-state index in [4.69, 9.17) is 5.73 Å². The van der Waals surface area contributed by atoms with E-state index in [2.05, 4.69) is 20.4 Å². The summed E-state index contributed by atoms with van der Waals surface area (Å²) in [6.45, 7) is 2.97. The Morgan fingerprint density at radius 1 is 1.47 bits per heavy atom. The summed E-state index contributed by atoms with van der Waals surface area (Å²) in [5.41, 5.74) is 6.37. The van der Waals surface area contributed by atoms with E-state index in [1.165, 1.54) is 6.42 Å². The van der Waals surface area contributed by atoms with Gasteiger partial charge in [-0.3, -0.25) is 4.79 Å². The second-order valence-corrected chi connectivity index (χ2v) is 4.97. The van der Waals surface area contributed by atoms with Crippen LogP contribution in [-0.4, -0.2) is 41.8 Å². The summed E-state index contributed by atoms with van der Waals surface area (Å²) in [5.74, 6) is 0.580. The highest BCUT2D eigenvalue weighted by molar-refractivity contribution is 5.91. The zero-order valence-corrected chi connectivity index (χ0v) is 11.5. The third kappa shape index (κ3) is 3.01. The summed E-state index contributed by atoms with van der Waals surface area (Å²) < 4.78 is 0. The fourth-order valence-electron chi connectivity index (χ4n) is 2.52. The van der Waals surface area contributed by atoms with Crippen molar-refractivity contribution in [1.82, 2.24) is 15.5 Å². The fraction of sp³-hybridized carbons (Fsp3) is 0.615. The number of rotatable bonds is 3. The molecule has 2 rings (SSSR count). The van der Waals surface area contributed by atoms with Crippen LogP contribution in [0.3, 0.4) is 0 Å². The van der Waals surface area contributed by atoms with Crippen molar-refractivity contribution in [2.24, 2.45) is 5.73 Å². The standard InChI is InChI=1S/C13H21N5O/c1-9(14)11-5-3-4-8-18(11)12-7-6-10(16-17-12)13(19)15-2/h6-7,9,11H,3-5,8,14H2,1-2H3,(H,15,19). The van der Waals surface area contributed by atoms with E-state index in [0.717, 1.165) is 25.2 Å². The Bertz CT molecular complexity index is 431. The normalized spacial score (nSPS) is 21.0. The van der Waals surface area contributed by atoms with Gasteiger partial charge >= 0.3 is 0 Å². The molecule has 2 atom stereocenters. The Kier molecular flexibility index (Phi) is 4.31. The largest absolute Gasteiger partial charge is 0.354 e. The topological polar surface area (TPSA) is 84.1 Å². The SMILES string of the molecule is CNC(=O)c1ccc(N2CCCCC2C(C)N)nn1. The molecule has 1 aromatic rings. The average molecular weight is 263 g/mol.